The molecule has 7 heterocycles. The van der Waals surface area contributed by atoms with Gasteiger partial charge in [0.25, 0.3) is 23.6 Å². The van der Waals surface area contributed by atoms with Crippen LogP contribution in [0.25, 0.3) is 60.4 Å². The van der Waals surface area contributed by atoms with E-state index in [0.717, 1.165) is 27.5 Å². The maximum absolute atomic E-state index is 12.8. The summed E-state index contributed by atoms with van der Waals surface area (Å²) in [6.07, 6.45) is 4.94. The number of carbonyl (C=O) groups is 4. The van der Waals surface area contributed by atoms with E-state index in [2.05, 4.69) is 64.9 Å². The third-order valence-corrected chi connectivity index (χ3v) is 26.7. The molecule has 10 N–H and O–H groups in total. The third-order valence-electron chi connectivity index (χ3n) is 19.2. The van der Waals surface area contributed by atoms with Gasteiger partial charge >= 0.3 is 40.8 Å². The second-order valence-electron chi connectivity index (χ2n) is 27.3. The molecule has 0 aliphatic carbocycles. The van der Waals surface area contributed by atoms with Gasteiger partial charge in [0.2, 0.25) is 0 Å². The number of hydrogen-bond acceptors (Lipinski definition) is 17. The highest BCUT2D eigenvalue weighted by Gasteiger charge is 2.32. The molecule has 0 spiro atoms. The lowest BCUT2D eigenvalue weighted by atomic mass is 10.1. The number of nitrogens with one attached hydrogen (secondary N) is 8. The number of amides is 4. The first-order chi connectivity index (χ1) is 58.5. The molecule has 4 aliphatic heterocycles. The number of aryl methyl sites for hydroxylation is 1. The van der Waals surface area contributed by atoms with Gasteiger partial charge in [0, 0.05) is 143 Å². The summed E-state index contributed by atoms with van der Waals surface area (Å²) in [4.78, 5) is 71.8. The van der Waals surface area contributed by atoms with E-state index in [9.17, 15) is 52.8 Å². The number of halogens is 4. The fourth-order valence-electron chi connectivity index (χ4n) is 13.1. The van der Waals surface area contributed by atoms with Crippen molar-refractivity contribution in [2.24, 2.45) is 0 Å². The molecule has 0 saturated carbocycles. The highest BCUT2D eigenvalue weighted by molar-refractivity contribution is 7.92. The van der Waals surface area contributed by atoms with Crippen LogP contribution in [0.3, 0.4) is 0 Å². The first-order valence-electron chi connectivity index (χ1n) is 37.1. The molecule has 0 radical (unpaired) electrons. The molecule has 38 heteroatoms. The number of nitrogens with zero attached hydrogens (tertiary/aromatic N) is 9. The van der Waals surface area contributed by atoms with E-state index >= 15 is 0 Å². The quantitative estimate of drug-likeness (QED) is 0.0340. The monoisotopic (exact) mass is 1790 g/mol. The van der Waals surface area contributed by atoms with Gasteiger partial charge in [-0.3, -0.25) is 51.4 Å². The van der Waals surface area contributed by atoms with Gasteiger partial charge in [0.15, 0.2) is 5.69 Å². The van der Waals surface area contributed by atoms with Gasteiger partial charge in [-0.25, -0.2) is 9.83 Å². The summed E-state index contributed by atoms with van der Waals surface area (Å²) in [5.74, 6) is -1.32. The van der Waals surface area contributed by atoms with Crippen molar-refractivity contribution in [2.75, 3.05) is 96.6 Å². The Morgan fingerprint density at radius 2 is 0.795 bits per heavy atom. The summed E-state index contributed by atoms with van der Waals surface area (Å²) in [7, 11) is -14.0. The molecule has 30 nitrogen and oxygen atoms in total. The minimum Gasteiger partial charge on any atom is -0.398 e. The fourth-order valence-corrected chi connectivity index (χ4v) is 19.0. The van der Waals surface area contributed by atoms with Crippen molar-refractivity contribution >= 4 is 190 Å². The predicted molar refractivity (Wildman–Crippen MR) is 478 cm³/mol. The van der Waals surface area contributed by atoms with Crippen LogP contribution in [-0.4, -0.2) is 130 Å². The Morgan fingerprint density at radius 3 is 1.19 bits per heavy atom. The number of carbonyl (C=O) groups excluding carboxylic acids is 4. The Hall–Kier alpha value is -12.7. The number of fused-ring (bicyclic) bond motifs is 2. The van der Waals surface area contributed by atoms with E-state index in [1.165, 1.54) is 23.4 Å². The Morgan fingerprint density at radius 1 is 0.402 bits per heavy atom. The van der Waals surface area contributed by atoms with Crippen molar-refractivity contribution in [3.63, 3.8) is 0 Å². The zero-order valence-electron chi connectivity index (χ0n) is 64.0. The molecule has 122 heavy (non-hydrogen) atoms. The van der Waals surface area contributed by atoms with Gasteiger partial charge in [0.1, 0.15) is 0 Å². The number of pyridine rings is 2. The molecule has 10 aromatic carbocycles. The van der Waals surface area contributed by atoms with E-state index in [0.29, 0.717) is 185 Å². The topological polar surface area (TPSA) is 396 Å². The number of rotatable bonds is 15. The molecular formula is C84H70Cl4N18O12S4. The van der Waals surface area contributed by atoms with E-state index in [1.807, 2.05) is 49.4 Å². The third kappa shape index (κ3) is 19.8. The normalized spacial score (nSPS) is 15.1. The highest BCUT2D eigenvalue weighted by Crippen LogP contribution is 2.38. The molecule has 13 aromatic rings. The van der Waals surface area contributed by atoms with Crippen LogP contribution in [0.5, 0.6) is 0 Å². The molecule has 4 aliphatic rings. The van der Waals surface area contributed by atoms with Crippen LogP contribution in [0.15, 0.2) is 249 Å². The number of aromatic nitrogens is 4. The number of nitrogen functional groups attached to an aromatic ring is 1. The van der Waals surface area contributed by atoms with E-state index in [4.69, 9.17) is 58.7 Å². The molecule has 4 saturated heterocycles. The molecule has 620 valence electrons. The molecule has 3 aromatic heterocycles. The Balaban J connectivity index is 0.000000133. The van der Waals surface area contributed by atoms with E-state index in [-0.39, 0.29) is 23.6 Å². The first-order valence-corrected chi connectivity index (χ1v) is 44.3. The largest absolute Gasteiger partial charge is 0.398 e. The van der Waals surface area contributed by atoms with Crippen LogP contribution in [0.4, 0.5) is 56.9 Å². The van der Waals surface area contributed by atoms with Gasteiger partial charge in [-0.2, -0.15) is 52.6 Å². The molecule has 17 rings (SSSR count). The van der Waals surface area contributed by atoms with Crippen LogP contribution in [0, 0.1) is 13.5 Å². The van der Waals surface area contributed by atoms with Gasteiger partial charge in [-0.05, 0) is 213 Å². The molecule has 0 atom stereocenters. The van der Waals surface area contributed by atoms with E-state index in [1.54, 1.807) is 200 Å². The van der Waals surface area contributed by atoms with Crippen molar-refractivity contribution in [2.45, 2.75) is 6.92 Å². The fraction of sp³-hybridized carbons (Fsp3) is 0.107. The van der Waals surface area contributed by atoms with Gasteiger partial charge in [-0.15, -0.1) is 0 Å². The average molecular weight is 1790 g/mol. The van der Waals surface area contributed by atoms with Crippen molar-refractivity contribution in [3.05, 3.63) is 308 Å². The predicted octanol–water partition coefficient (Wildman–Crippen LogP) is 14.3. The van der Waals surface area contributed by atoms with Crippen molar-refractivity contribution in [1.29, 1.82) is 0 Å². The lowest BCUT2D eigenvalue weighted by Gasteiger charge is -2.16. The standard InChI is InChI=1S/C23H18ClN5O3S.C21H16ClN5O3S.C21H19ClN4O3S.C19H17ClN4O3S/c24-19-10-7-16(13-18(19)22-14-25-20-3-1-2-4-21(20)28-22)27-23(30)15-5-8-17(9-6-15)29-12-11-26-33(29,31)32;1-23-15-8-9-24-20(13-15)18-12-16(4-7-19(18)22)26-21(28)14-2-5-17(6-3-14)27-11-10-25-31(27,29)30;1-14-2-9-20(23-13-14)18-12-16(5-8-19(18)22)25-21(27)15-3-6-17(7-4-15)26-11-10-24-30(26,28)29;20-15-8-9-17(14-2-1-3-16(21)18(14)15)23-19(25)12-4-6-13(7-5-12)24-11-10-22-28(24,26)27/h1-10,13-14,26H,11-12H2,(H,27,30);2-9,12-13,25H,10-11H2,(H,26,28);2-9,12-13,24H,10-11H2,1H3,(H,25,27);1-9,22H,10-11,21H2,(H,23,25). The molecule has 0 bridgehead atoms. The maximum Gasteiger partial charge on any atom is 0.301 e. The van der Waals surface area contributed by atoms with Gasteiger partial charge in [0.05, 0.1) is 83.7 Å². The molecule has 0 unspecified atom stereocenters. The number of benzene rings is 10. The summed E-state index contributed by atoms with van der Waals surface area (Å²) >= 11 is 25.2. The van der Waals surface area contributed by atoms with E-state index < -0.39 is 40.8 Å². The number of para-hydroxylation sites is 2. The van der Waals surface area contributed by atoms with Crippen LogP contribution in [0.1, 0.15) is 47.0 Å². The summed E-state index contributed by atoms with van der Waals surface area (Å²) in [5.41, 5.74) is 19.1. The Labute approximate surface area is 721 Å². The Bertz CT molecular complexity index is 6770. The molecule has 4 amide bonds. The van der Waals surface area contributed by atoms with Gasteiger partial charge < -0.3 is 27.0 Å². The minimum absolute atomic E-state index is 0.311. The SMILES string of the molecule is Cc1ccc(-c2cc(NC(=O)c3ccc(N4CCNS4(=O)=O)cc3)ccc2Cl)nc1.Nc1cccc2c(NC(=O)c3ccc(N4CCNS4(=O)=O)cc3)ccc(Cl)c12.O=C(Nc1ccc(Cl)c(-c2cnc3ccccc3n2)c1)c1ccc(N2CCNS2(=O)=O)cc1.[C-]#[N+]c1ccnc(-c2cc(NC(=O)c3ccc(N4CCNS4(=O)=O)cc3)ccc2Cl)c1. The van der Waals surface area contributed by atoms with Crippen LogP contribution in [-0.2, 0) is 40.8 Å². The van der Waals surface area contributed by atoms with Crippen molar-refractivity contribution in [1.82, 2.24) is 38.8 Å². The summed E-state index contributed by atoms with van der Waals surface area (Å²) in [6, 6.07) is 64.2. The second-order valence-corrected chi connectivity index (χ2v) is 35.7. The number of anilines is 9. The van der Waals surface area contributed by atoms with Gasteiger partial charge in [-0.1, -0.05) is 76.7 Å². The molecule has 4 fully saturated rings. The van der Waals surface area contributed by atoms with Crippen LogP contribution in [0.2, 0.25) is 20.1 Å². The average Bonchev–Trinajstić information content (AvgIpc) is 1.32. The van der Waals surface area contributed by atoms with Crippen LogP contribution < -0.4 is 63.1 Å². The highest BCUT2D eigenvalue weighted by atomic mass is 35.5. The van der Waals surface area contributed by atoms with Crippen molar-refractivity contribution < 1.29 is 52.8 Å². The first kappa shape index (κ1) is 85.7. The summed E-state index contributed by atoms with van der Waals surface area (Å²) < 4.78 is 110. The number of hydrogen-bond donors (Lipinski definition) is 9. The summed E-state index contributed by atoms with van der Waals surface area (Å²) in [5, 5.41) is 14.8. The minimum atomic E-state index is -3.52. The van der Waals surface area contributed by atoms with Crippen LogP contribution >= 0.6 is 46.4 Å². The molecular weight excluding hydrogens is 1720 g/mol. The maximum atomic E-state index is 12.8. The lowest BCUT2D eigenvalue weighted by molar-refractivity contribution is 0.101. The number of nitrogens with two attached hydrogens (primary N) is 1. The Kier molecular flexibility index (Phi) is 25.8. The smallest absolute Gasteiger partial charge is 0.301 e. The second kappa shape index (κ2) is 36.7. The summed E-state index contributed by atoms with van der Waals surface area (Å²) in [6.45, 7) is 11.9. The lowest BCUT2D eigenvalue weighted by Crippen LogP contribution is -2.29. The zero-order valence-corrected chi connectivity index (χ0v) is 70.3. The van der Waals surface area contributed by atoms with Crippen molar-refractivity contribution in [3.8, 4) is 33.8 Å². The zero-order chi connectivity index (χ0) is 86.2.